The number of halogens is 1. The molecule has 0 heterocycles. The summed E-state index contributed by atoms with van der Waals surface area (Å²) < 4.78 is 12.8. The SMILES string of the molecule is C[C@@H](Sc1ccc(F)cc1)C(=O)N[C@@H]1CCCC[C@@H]1C. The number of nitrogens with one attached hydrogen (secondary N) is 1. The van der Waals surface area contributed by atoms with Gasteiger partial charge in [-0.2, -0.15) is 0 Å². The molecule has 1 aliphatic rings. The van der Waals surface area contributed by atoms with Crippen LogP contribution in [0.1, 0.15) is 39.5 Å². The van der Waals surface area contributed by atoms with E-state index in [1.54, 1.807) is 12.1 Å². The summed E-state index contributed by atoms with van der Waals surface area (Å²) in [5.74, 6) is 0.399. The van der Waals surface area contributed by atoms with E-state index in [1.165, 1.54) is 43.2 Å². The molecule has 0 radical (unpaired) electrons. The number of amides is 1. The largest absolute Gasteiger partial charge is 0.352 e. The lowest BCUT2D eigenvalue weighted by Crippen LogP contribution is -2.44. The normalized spacial score (nSPS) is 24.1. The van der Waals surface area contributed by atoms with Crippen molar-refractivity contribution in [2.45, 2.75) is 55.7 Å². The molecular weight excluding hydrogens is 273 g/mol. The molecule has 0 aliphatic heterocycles. The monoisotopic (exact) mass is 295 g/mol. The van der Waals surface area contributed by atoms with Crippen LogP contribution in [-0.4, -0.2) is 17.2 Å². The molecule has 3 atom stereocenters. The van der Waals surface area contributed by atoms with Gasteiger partial charge in [-0.3, -0.25) is 4.79 Å². The second-order valence-electron chi connectivity index (χ2n) is 5.59. The first kappa shape index (κ1) is 15.4. The van der Waals surface area contributed by atoms with Crippen molar-refractivity contribution < 1.29 is 9.18 Å². The van der Waals surface area contributed by atoms with E-state index in [2.05, 4.69) is 12.2 Å². The van der Waals surface area contributed by atoms with Gasteiger partial charge in [0.2, 0.25) is 5.91 Å². The van der Waals surface area contributed by atoms with E-state index in [0.717, 1.165) is 11.3 Å². The highest BCUT2D eigenvalue weighted by molar-refractivity contribution is 8.00. The number of benzene rings is 1. The Hall–Kier alpha value is -1.03. The van der Waals surface area contributed by atoms with Crippen molar-refractivity contribution in [3.8, 4) is 0 Å². The molecule has 2 rings (SSSR count). The molecule has 0 bridgehead atoms. The van der Waals surface area contributed by atoms with Gasteiger partial charge in [-0.05, 0) is 49.9 Å². The van der Waals surface area contributed by atoms with Crippen LogP contribution < -0.4 is 5.32 Å². The van der Waals surface area contributed by atoms with Gasteiger partial charge in [0.1, 0.15) is 5.82 Å². The van der Waals surface area contributed by atoms with E-state index in [0.29, 0.717) is 12.0 Å². The van der Waals surface area contributed by atoms with Gasteiger partial charge in [-0.1, -0.05) is 19.8 Å². The highest BCUT2D eigenvalue weighted by atomic mass is 32.2. The first-order valence-corrected chi connectivity index (χ1v) is 8.17. The predicted octanol–water partition coefficient (Wildman–Crippen LogP) is 4.00. The Balaban J connectivity index is 1.86. The van der Waals surface area contributed by atoms with Crippen molar-refractivity contribution in [3.63, 3.8) is 0 Å². The topological polar surface area (TPSA) is 29.1 Å². The molecule has 1 aromatic rings. The van der Waals surface area contributed by atoms with E-state index in [-0.39, 0.29) is 17.0 Å². The molecule has 0 spiro atoms. The third-order valence-electron chi connectivity index (χ3n) is 3.93. The van der Waals surface area contributed by atoms with E-state index in [9.17, 15) is 9.18 Å². The number of thioether (sulfide) groups is 1. The molecular formula is C16H22FNOS. The van der Waals surface area contributed by atoms with Gasteiger partial charge in [-0.25, -0.2) is 4.39 Å². The average Bonchev–Trinajstić information content (AvgIpc) is 2.44. The predicted molar refractivity (Wildman–Crippen MR) is 81.3 cm³/mol. The van der Waals surface area contributed by atoms with Crippen molar-refractivity contribution in [3.05, 3.63) is 30.1 Å². The van der Waals surface area contributed by atoms with Crippen molar-refractivity contribution in [1.82, 2.24) is 5.32 Å². The molecule has 1 amide bonds. The zero-order valence-electron chi connectivity index (χ0n) is 12.1. The Bertz CT molecular complexity index is 448. The third kappa shape index (κ3) is 4.23. The Morgan fingerprint density at radius 2 is 1.95 bits per heavy atom. The second-order valence-corrected chi connectivity index (χ2v) is 7.01. The molecule has 4 heteroatoms. The van der Waals surface area contributed by atoms with Crippen molar-refractivity contribution in [2.75, 3.05) is 0 Å². The van der Waals surface area contributed by atoms with Gasteiger partial charge in [0, 0.05) is 10.9 Å². The minimum atomic E-state index is -0.248. The summed E-state index contributed by atoms with van der Waals surface area (Å²) in [5.41, 5.74) is 0. The Morgan fingerprint density at radius 3 is 2.60 bits per heavy atom. The van der Waals surface area contributed by atoms with Crippen LogP contribution in [0, 0.1) is 11.7 Å². The average molecular weight is 295 g/mol. The number of hydrogen-bond donors (Lipinski definition) is 1. The van der Waals surface area contributed by atoms with Gasteiger partial charge in [-0.15, -0.1) is 11.8 Å². The quantitative estimate of drug-likeness (QED) is 0.851. The first-order chi connectivity index (χ1) is 9.56. The van der Waals surface area contributed by atoms with Gasteiger partial charge in [0.25, 0.3) is 0 Å². The number of carbonyl (C=O) groups excluding carboxylic acids is 1. The molecule has 1 fully saturated rings. The Labute approximate surface area is 124 Å². The zero-order valence-corrected chi connectivity index (χ0v) is 12.9. The van der Waals surface area contributed by atoms with Crippen LogP contribution in [0.5, 0.6) is 0 Å². The van der Waals surface area contributed by atoms with Crippen LogP contribution >= 0.6 is 11.8 Å². The molecule has 1 saturated carbocycles. The summed E-state index contributed by atoms with van der Waals surface area (Å²) >= 11 is 1.47. The van der Waals surface area contributed by atoms with Gasteiger partial charge < -0.3 is 5.32 Å². The minimum absolute atomic E-state index is 0.0816. The summed E-state index contributed by atoms with van der Waals surface area (Å²) in [4.78, 5) is 13.1. The zero-order chi connectivity index (χ0) is 14.5. The standard InChI is InChI=1S/C16H22FNOS/c1-11-5-3-4-6-15(11)18-16(19)12(2)20-14-9-7-13(17)8-10-14/h7-12,15H,3-6H2,1-2H3,(H,18,19)/t11-,12+,15+/m0/s1. The lowest BCUT2D eigenvalue weighted by atomic mass is 9.86. The Morgan fingerprint density at radius 1 is 1.30 bits per heavy atom. The smallest absolute Gasteiger partial charge is 0.233 e. The molecule has 1 aliphatic carbocycles. The summed E-state index contributed by atoms with van der Waals surface area (Å²) in [7, 11) is 0. The molecule has 2 nitrogen and oxygen atoms in total. The number of carbonyl (C=O) groups is 1. The third-order valence-corrected chi connectivity index (χ3v) is 5.05. The van der Waals surface area contributed by atoms with Gasteiger partial charge in [0.15, 0.2) is 0 Å². The van der Waals surface area contributed by atoms with Crippen molar-refractivity contribution in [2.24, 2.45) is 5.92 Å². The van der Waals surface area contributed by atoms with E-state index < -0.39 is 0 Å². The molecule has 0 saturated heterocycles. The second kappa shape index (κ2) is 7.11. The molecule has 20 heavy (non-hydrogen) atoms. The molecule has 0 unspecified atom stereocenters. The minimum Gasteiger partial charge on any atom is -0.352 e. The fraction of sp³-hybridized carbons (Fsp3) is 0.562. The Kier molecular flexibility index (Phi) is 5.46. The van der Waals surface area contributed by atoms with Gasteiger partial charge >= 0.3 is 0 Å². The summed E-state index contributed by atoms with van der Waals surface area (Å²) in [5, 5.41) is 3.01. The molecule has 1 N–H and O–H groups in total. The lowest BCUT2D eigenvalue weighted by molar-refractivity contribution is -0.121. The van der Waals surface area contributed by atoms with E-state index in [4.69, 9.17) is 0 Å². The number of rotatable bonds is 4. The molecule has 110 valence electrons. The number of hydrogen-bond acceptors (Lipinski definition) is 2. The summed E-state index contributed by atoms with van der Waals surface area (Å²) in [6.07, 6.45) is 4.76. The van der Waals surface area contributed by atoms with Crippen LogP contribution in [0.3, 0.4) is 0 Å². The van der Waals surface area contributed by atoms with E-state index in [1.807, 2.05) is 6.92 Å². The summed E-state index contributed by atoms with van der Waals surface area (Å²) in [6.45, 7) is 4.11. The van der Waals surface area contributed by atoms with Crippen LogP contribution in [0.25, 0.3) is 0 Å². The summed E-state index contributed by atoms with van der Waals surface area (Å²) in [6, 6.07) is 6.60. The highest BCUT2D eigenvalue weighted by Gasteiger charge is 2.25. The molecule has 0 aromatic heterocycles. The van der Waals surface area contributed by atoms with Crippen LogP contribution in [0.15, 0.2) is 29.2 Å². The van der Waals surface area contributed by atoms with Crippen molar-refractivity contribution >= 4 is 17.7 Å². The lowest BCUT2D eigenvalue weighted by Gasteiger charge is -2.30. The maximum Gasteiger partial charge on any atom is 0.233 e. The van der Waals surface area contributed by atoms with Gasteiger partial charge in [0.05, 0.1) is 5.25 Å². The van der Waals surface area contributed by atoms with Crippen LogP contribution in [0.2, 0.25) is 0 Å². The maximum absolute atomic E-state index is 12.8. The van der Waals surface area contributed by atoms with Crippen LogP contribution in [-0.2, 0) is 4.79 Å². The maximum atomic E-state index is 12.8. The van der Waals surface area contributed by atoms with E-state index >= 15 is 0 Å². The molecule has 1 aromatic carbocycles. The van der Waals surface area contributed by atoms with Crippen molar-refractivity contribution in [1.29, 1.82) is 0 Å². The van der Waals surface area contributed by atoms with Crippen LogP contribution in [0.4, 0.5) is 4.39 Å². The fourth-order valence-corrected chi connectivity index (χ4v) is 3.48. The fourth-order valence-electron chi connectivity index (χ4n) is 2.60. The first-order valence-electron chi connectivity index (χ1n) is 7.29. The highest BCUT2D eigenvalue weighted by Crippen LogP contribution is 2.26.